The van der Waals surface area contributed by atoms with E-state index >= 15 is 0 Å². The van der Waals surface area contributed by atoms with Crippen LogP contribution >= 0.6 is 11.8 Å². The summed E-state index contributed by atoms with van der Waals surface area (Å²) in [4.78, 5) is 25.6. The Hall–Kier alpha value is -3.19. The molecular weight excluding hydrogens is 346 g/mol. The van der Waals surface area contributed by atoms with Crippen molar-refractivity contribution in [1.29, 1.82) is 5.26 Å². The number of hydrazone groups is 1. The van der Waals surface area contributed by atoms with E-state index < -0.39 is 10.9 Å². The lowest BCUT2D eigenvalue weighted by Gasteiger charge is -2.01. The van der Waals surface area contributed by atoms with Crippen LogP contribution < -0.4 is 5.43 Å². The molecule has 25 heavy (non-hydrogen) atoms. The summed E-state index contributed by atoms with van der Waals surface area (Å²) in [7, 11) is 0. The third kappa shape index (κ3) is 6.84. The Bertz CT molecular complexity index is 767. The summed E-state index contributed by atoms with van der Waals surface area (Å²) in [5, 5.41) is 23.9. The van der Waals surface area contributed by atoms with Gasteiger partial charge in [0.2, 0.25) is 0 Å². The molecule has 1 aromatic rings. The summed E-state index contributed by atoms with van der Waals surface area (Å²) in [6, 6.07) is 7.65. The monoisotopic (exact) mass is 361 g/mol. The Morgan fingerprint density at radius 3 is 2.92 bits per heavy atom. The molecule has 1 rings (SSSR count). The second kappa shape index (κ2) is 10.6. The average Bonchev–Trinajstić information content (AvgIpc) is 2.61. The Kier molecular flexibility index (Phi) is 8.39. The summed E-state index contributed by atoms with van der Waals surface area (Å²) in [5.74, 6) is -0.755. The fraction of sp³-hybridized carbons (Fsp3) is 0.200. The van der Waals surface area contributed by atoms with Crippen molar-refractivity contribution >= 4 is 34.8 Å². The molecule has 0 amide bonds. The third-order valence-electron chi connectivity index (χ3n) is 2.57. The van der Waals surface area contributed by atoms with Gasteiger partial charge in [-0.25, -0.2) is 9.79 Å². The average molecular weight is 361 g/mol. The number of nitrogens with zero attached hydrogens (tertiary/aromatic N) is 4. The van der Waals surface area contributed by atoms with E-state index in [0.29, 0.717) is 10.7 Å². The second-order valence-electron chi connectivity index (χ2n) is 4.24. The molecule has 0 heterocycles. The number of aliphatic imine (C=N–C) groups is 1. The summed E-state index contributed by atoms with van der Waals surface area (Å²) < 4.78 is 4.72. The number of esters is 1. The van der Waals surface area contributed by atoms with E-state index in [1.165, 1.54) is 30.1 Å². The van der Waals surface area contributed by atoms with Crippen molar-refractivity contribution in [3.63, 3.8) is 0 Å². The van der Waals surface area contributed by atoms with Crippen molar-refractivity contribution < 1.29 is 14.5 Å². The van der Waals surface area contributed by atoms with Crippen molar-refractivity contribution in [2.24, 2.45) is 10.1 Å². The zero-order valence-electron chi connectivity index (χ0n) is 13.5. The highest BCUT2D eigenvalue weighted by atomic mass is 32.2. The molecule has 130 valence electrons. The van der Waals surface area contributed by atoms with Crippen LogP contribution in [0.25, 0.3) is 0 Å². The smallest absolute Gasteiger partial charge is 0.350 e. The van der Waals surface area contributed by atoms with E-state index in [4.69, 9.17) is 10.00 Å². The fourth-order valence-corrected chi connectivity index (χ4v) is 1.77. The first kappa shape index (κ1) is 19.9. The van der Waals surface area contributed by atoms with Gasteiger partial charge in [-0.2, -0.15) is 10.4 Å². The minimum Gasteiger partial charge on any atom is -0.462 e. The lowest BCUT2D eigenvalue weighted by Crippen LogP contribution is -2.13. The predicted octanol–water partition coefficient (Wildman–Crippen LogP) is 2.21. The molecule has 0 aliphatic rings. The van der Waals surface area contributed by atoms with Gasteiger partial charge < -0.3 is 4.74 Å². The zero-order valence-corrected chi connectivity index (χ0v) is 14.3. The maximum atomic E-state index is 11.5. The number of hydrogen-bond donors (Lipinski definition) is 1. The molecule has 1 N–H and O–H groups in total. The standard InChI is InChI=1S/C15H15N5O4S/c1-3-24-14(21)12(8-16)10-17-15(25-2)19-18-9-11-5-4-6-13(7-11)20(22)23/h4-7,9-10H,3H2,1-2H3,(H,17,19). The van der Waals surface area contributed by atoms with Crippen molar-refractivity contribution in [2.45, 2.75) is 6.92 Å². The largest absolute Gasteiger partial charge is 0.462 e. The molecule has 0 aliphatic heterocycles. The number of nitro groups is 1. The van der Waals surface area contributed by atoms with Gasteiger partial charge in [0, 0.05) is 17.7 Å². The minimum absolute atomic E-state index is 0.0428. The molecule has 0 saturated carbocycles. The number of nitriles is 1. The van der Waals surface area contributed by atoms with Gasteiger partial charge >= 0.3 is 5.97 Å². The number of amidine groups is 1. The lowest BCUT2D eigenvalue weighted by atomic mass is 10.2. The predicted molar refractivity (Wildman–Crippen MR) is 95.1 cm³/mol. The van der Waals surface area contributed by atoms with Gasteiger partial charge in [-0.15, -0.1) is 0 Å². The molecule has 0 unspecified atom stereocenters. The fourth-order valence-electron chi connectivity index (χ4n) is 1.47. The van der Waals surface area contributed by atoms with Crippen molar-refractivity contribution in [2.75, 3.05) is 12.9 Å². The van der Waals surface area contributed by atoms with Crippen LogP contribution in [0.15, 0.2) is 46.1 Å². The van der Waals surface area contributed by atoms with Crippen LogP contribution in [0.2, 0.25) is 0 Å². The summed E-state index contributed by atoms with van der Waals surface area (Å²) >= 11 is 1.20. The van der Waals surface area contributed by atoms with Gasteiger partial charge in [-0.3, -0.25) is 15.5 Å². The summed E-state index contributed by atoms with van der Waals surface area (Å²) in [5.41, 5.74) is 2.87. The highest BCUT2D eigenvalue weighted by molar-refractivity contribution is 8.13. The van der Waals surface area contributed by atoms with Crippen LogP contribution in [0.1, 0.15) is 12.5 Å². The van der Waals surface area contributed by atoms with Crippen molar-refractivity contribution in [3.8, 4) is 6.07 Å². The van der Waals surface area contributed by atoms with Gasteiger partial charge in [-0.1, -0.05) is 23.9 Å². The number of non-ortho nitro benzene ring substituents is 1. The molecule has 0 bridgehead atoms. The zero-order chi connectivity index (χ0) is 18.7. The number of carbonyl (C=O) groups excluding carboxylic acids is 1. The maximum absolute atomic E-state index is 11.5. The first-order chi connectivity index (χ1) is 12.0. The van der Waals surface area contributed by atoms with E-state index in [9.17, 15) is 14.9 Å². The van der Waals surface area contributed by atoms with Crippen LogP contribution in [0.4, 0.5) is 5.69 Å². The number of thioether (sulfide) groups is 1. The number of ether oxygens (including phenoxy) is 1. The van der Waals surface area contributed by atoms with E-state index in [-0.39, 0.29) is 17.9 Å². The van der Waals surface area contributed by atoms with Crippen LogP contribution in [0.3, 0.4) is 0 Å². The Labute approximate surface area is 148 Å². The first-order valence-corrected chi connectivity index (χ1v) is 8.17. The second-order valence-corrected chi connectivity index (χ2v) is 5.03. The molecule has 0 radical (unpaired) electrons. The Morgan fingerprint density at radius 2 is 2.32 bits per heavy atom. The van der Waals surface area contributed by atoms with Crippen LogP contribution in [-0.4, -0.2) is 35.1 Å². The first-order valence-electron chi connectivity index (χ1n) is 6.94. The number of benzene rings is 1. The molecule has 0 saturated heterocycles. The van der Waals surface area contributed by atoms with Crippen LogP contribution in [0, 0.1) is 21.4 Å². The number of rotatable bonds is 6. The molecule has 0 spiro atoms. The maximum Gasteiger partial charge on any atom is 0.350 e. The number of carbonyl (C=O) groups is 1. The van der Waals surface area contributed by atoms with Gasteiger partial charge in [0.1, 0.15) is 6.07 Å². The molecule has 10 heteroatoms. The van der Waals surface area contributed by atoms with Gasteiger partial charge in [0.15, 0.2) is 10.7 Å². The topological polar surface area (TPSA) is 130 Å². The summed E-state index contributed by atoms with van der Waals surface area (Å²) in [6.07, 6.45) is 4.19. The molecule has 1 aromatic carbocycles. The highest BCUT2D eigenvalue weighted by Crippen LogP contribution is 2.11. The molecule has 0 atom stereocenters. The number of nitro benzene ring substituents is 1. The van der Waals surface area contributed by atoms with Gasteiger partial charge in [0.05, 0.1) is 23.9 Å². The highest BCUT2D eigenvalue weighted by Gasteiger charge is 2.09. The van der Waals surface area contributed by atoms with E-state index in [1.807, 2.05) is 0 Å². The Morgan fingerprint density at radius 1 is 1.56 bits per heavy atom. The third-order valence-corrected chi connectivity index (χ3v) is 3.16. The van der Waals surface area contributed by atoms with Gasteiger partial charge in [-0.05, 0) is 13.2 Å². The molecule has 0 aliphatic carbocycles. The molecule has 9 nitrogen and oxygen atoms in total. The van der Waals surface area contributed by atoms with Crippen molar-refractivity contribution in [3.05, 3.63) is 51.7 Å². The normalized spacial score (nSPS) is 11.9. The minimum atomic E-state index is -0.755. The Balaban J connectivity index is 2.82. The van der Waals surface area contributed by atoms with E-state index in [1.54, 1.807) is 31.4 Å². The SMILES string of the molecule is CCOC(=O)C(C#N)=CN=C(NN=Cc1cccc([N+](=O)[O-])c1)SC. The van der Waals surface area contributed by atoms with Crippen LogP contribution in [-0.2, 0) is 9.53 Å². The number of nitrogens with one attached hydrogen (secondary N) is 1. The number of hydrogen-bond acceptors (Lipinski definition) is 8. The summed E-state index contributed by atoms with van der Waals surface area (Å²) in [6.45, 7) is 1.79. The quantitative estimate of drug-likeness (QED) is 0.156. The molecule has 0 fully saturated rings. The van der Waals surface area contributed by atoms with E-state index in [0.717, 1.165) is 6.20 Å². The molecular formula is C15H15N5O4S. The molecule has 0 aromatic heterocycles. The van der Waals surface area contributed by atoms with Crippen molar-refractivity contribution in [1.82, 2.24) is 5.43 Å². The van der Waals surface area contributed by atoms with Gasteiger partial charge in [0.25, 0.3) is 5.69 Å². The lowest BCUT2D eigenvalue weighted by molar-refractivity contribution is -0.384. The van der Waals surface area contributed by atoms with E-state index in [2.05, 4.69) is 15.5 Å². The van der Waals surface area contributed by atoms with Crippen LogP contribution in [0.5, 0.6) is 0 Å².